The Morgan fingerprint density at radius 3 is 2.75 bits per heavy atom. The molecule has 1 heteroatoms. The van der Waals surface area contributed by atoms with Gasteiger partial charge < -0.3 is 5.32 Å². The lowest BCUT2D eigenvalue weighted by molar-refractivity contribution is 1.09. The molecule has 1 rings (SSSR count). The van der Waals surface area contributed by atoms with Crippen molar-refractivity contribution in [3.05, 3.63) is 36.2 Å². The molecule has 0 atom stereocenters. The molecule has 8 heavy (non-hydrogen) atoms. The Hall–Kier alpha value is -0.980. The maximum atomic E-state index is 3.06. The molecule has 0 unspecified atom stereocenters. The Morgan fingerprint density at radius 1 is 1.50 bits per heavy atom. The maximum absolute atomic E-state index is 3.06. The van der Waals surface area contributed by atoms with Crippen LogP contribution < -0.4 is 5.32 Å². The standard InChI is InChI=1S/C7H9N/c1-2-7-5-3-4-6-8-7/h2-6,8H,1H3. The summed E-state index contributed by atoms with van der Waals surface area (Å²) >= 11 is 0. The van der Waals surface area contributed by atoms with Gasteiger partial charge in [-0.3, -0.25) is 0 Å². The van der Waals surface area contributed by atoms with Gasteiger partial charge in [0.2, 0.25) is 0 Å². The summed E-state index contributed by atoms with van der Waals surface area (Å²) < 4.78 is 0. The Morgan fingerprint density at radius 2 is 2.38 bits per heavy atom. The number of hydrogen-bond donors (Lipinski definition) is 1. The van der Waals surface area contributed by atoms with Crippen LogP contribution in [0.4, 0.5) is 0 Å². The minimum Gasteiger partial charge on any atom is -0.362 e. The highest BCUT2D eigenvalue weighted by molar-refractivity contribution is 5.25. The van der Waals surface area contributed by atoms with Crippen molar-refractivity contribution in [3.63, 3.8) is 0 Å². The summed E-state index contributed by atoms with van der Waals surface area (Å²) in [7, 11) is 0. The van der Waals surface area contributed by atoms with Crippen LogP contribution in [0.1, 0.15) is 6.92 Å². The zero-order valence-corrected chi connectivity index (χ0v) is 4.89. The van der Waals surface area contributed by atoms with Crippen molar-refractivity contribution in [2.24, 2.45) is 0 Å². The molecule has 1 N–H and O–H groups in total. The normalized spacial score (nSPS) is 21.4. The zero-order valence-electron chi connectivity index (χ0n) is 4.89. The summed E-state index contributed by atoms with van der Waals surface area (Å²) in [5.74, 6) is 0. The molecule has 0 saturated carbocycles. The second-order valence-electron chi connectivity index (χ2n) is 1.61. The van der Waals surface area contributed by atoms with Crippen LogP contribution >= 0.6 is 0 Å². The van der Waals surface area contributed by atoms with Gasteiger partial charge in [-0.15, -0.1) is 0 Å². The summed E-state index contributed by atoms with van der Waals surface area (Å²) in [6.45, 7) is 2.01. The van der Waals surface area contributed by atoms with Gasteiger partial charge in [0.25, 0.3) is 0 Å². The lowest BCUT2D eigenvalue weighted by atomic mass is 10.3. The largest absolute Gasteiger partial charge is 0.362 e. The molecule has 0 amide bonds. The second kappa shape index (κ2) is 2.36. The van der Waals surface area contributed by atoms with Crippen molar-refractivity contribution in [1.82, 2.24) is 5.32 Å². The van der Waals surface area contributed by atoms with E-state index in [1.54, 1.807) is 0 Å². The van der Waals surface area contributed by atoms with Crippen LogP contribution in [0.25, 0.3) is 0 Å². The van der Waals surface area contributed by atoms with Gasteiger partial charge in [-0.2, -0.15) is 0 Å². The van der Waals surface area contributed by atoms with E-state index in [0.717, 1.165) is 5.70 Å². The fourth-order valence-corrected chi connectivity index (χ4v) is 0.587. The quantitative estimate of drug-likeness (QED) is 0.495. The van der Waals surface area contributed by atoms with Crippen LogP contribution in [0.2, 0.25) is 0 Å². The van der Waals surface area contributed by atoms with Crippen molar-refractivity contribution in [2.75, 3.05) is 0 Å². The van der Waals surface area contributed by atoms with E-state index in [9.17, 15) is 0 Å². The summed E-state index contributed by atoms with van der Waals surface area (Å²) in [6.07, 6.45) is 9.94. The van der Waals surface area contributed by atoms with Gasteiger partial charge in [0.1, 0.15) is 0 Å². The van der Waals surface area contributed by atoms with Crippen LogP contribution in [0.3, 0.4) is 0 Å². The van der Waals surface area contributed by atoms with Gasteiger partial charge in [0.05, 0.1) is 0 Å². The summed E-state index contributed by atoms with van der Waals surface area (Å²) in [5, 5.41) is 3.06. The average molecular weight is 107 g/mol. The van der Waals surface area contributed by atoms with Gasteiger partial charge in [0.15, 0.2) is 0 Å². The van der Waals surface area contributed by atoms with Crippen LogP contribution in [0, 0.1) is 0 Å². The summed E-state index contributed by atoms with van der Waals surface area (Å²) in [4.78, 5) is 0. The fraction of sp³-hybridized carbons (Fsp3) is 0.143. The highest BCUT2D eigenvalue weighted by atomic mass is 14.8. The third-order valence-electron chi connectivity index (χ3n) is 1.04. The van der Waals surface area contributed by atoms with E-state index < -0.39 is 0 Å². The third kappa shape index (κ3) is 0.997. The Labute approximate surface area is 49.4 Å². The first-order valence-corrected chi connectivity index (χ1v) is 2.69. The molecule has 0 aromatic rings. The van der Waals surface area contributed by atoms with Crippen molar-refractivity contribution in [1.29, 1.82) is 0 Å². The van der Waals surface area contributed by atoms with E-state index in [1.807, 2.05) is 37.4 Å². The van der Waals surface area contributed by atoms with Gasteiger partial charge in [-0.05, 0) is 19.1 Å². The monoisotopic (exact) mass is 107 g/mol. The molecular weight excluding hydrogens is 98.1 g/mol. The van der Waals surface area contributed by atoms with E-state index >= 15 is 0 Å². The van der Waals surface area contributed by atoms with Gasteiger partial charge >= 0.3 is 0 Å². The molecule has 0 bridgehead atoms. The lowest BCUT2D eigenvalue weighted by Crippen LogP contribution is -2.03. The molecular formula is C7H9N. The topological polar surface area (TPSA) is 12.0 Å². The fourth-order valence-electron chi connectivity index (χ4n) is 0.587. The van der Waals surface area contributed by atoms with Crippen LogP contribution in [0.15, 0.2) is 36.2 Å². The average Bonchev–Trinajstić information content (AvgIpc) is 1.90. The SMILES string of the molecule is CC=C1C=CC=CN1. The lowest BCUT2D eigenvalue weighted by Gasteiger charge is -2.01. The number of hydrogen-bond acceptors (Lipinski definition) is 1. The number of allylic oxidation sites excluding steroid dienone is 4. The van der Waals surface area contributed by atoms with Crippen LogP contribution in [-0.2, 0) is 0 Å². The molecule has 1 aliphatic rings. The van der Waals surface area contributed by atoms with Crippen molar-refractivity contribution >= 4 is 0 Å². The van der Waals surface area contributed by atoms with Gasteiger partial charge in [-0.25, -0.2) is 0 Å². The molecule has 1 nitrogen and oxygen atoms in total. The predicted octanol–water partition coefficient (Wildman–Crippen LogP) is 1.56. The van der Waals surface area contributed by atoms with Gasteiger partial charge in [0, 0.05) is 11.9 Å². The van der Waals surface area contributed by atoms with E-state index in [4.69, 9.17) is 0 Å². The first-order valence-electron chi connectivity index (χ1n) is 2.69. The second-order valence-corrected chi connectivity index (χ2v) is 1.61. The number of rotatable bonds is 0. The number of nitrogens with one attached hydrogen (secondary N) is 1. The molecule has 0 aromatic carbocycles. The molecule has 0 radical (unpaired) electrons. The summed E-state index contributed by atoms with van der Waals surface area (Å²) in [5.41, 5.74) is 1.16. The molecule has 0 aliphatic carbocycles. The zero-order chi connectivity index (χ0) is 5.82. The molecule has 0 fully saturated rings. The smallest absolute Gasteiger partial charge is 0.0336 e. The predicted molar refractivity (Wildman–Crippen MR) is 35.2 cm³/mol. The first kappa shape index (κ1) is 5.16. The van der Waals surface area contributed by atoms with Crippen LogP contribution in [0.5, 0.6) is 0 Å². The van der Waals surface area contributed by atoms with E-state index in [0.29, 0.717) is 0 Å². The molecule has 42 valence electrons. The van der Waals surface area contributed by atoms with E-state index in [-0.39, 0.29) is 0 Å². The minimum atomic E-state index is 1.16. The van der Waals surface area contributed by atoms with E-state index in [2.05, 4.69) is 5.32 Å². The Kier molecular flexibility index (Phi) is 1.52. The molecule has 0 aromatic heterocycles. The Bertz CT molecular complexity index is 152. The number of dihydropyridines is 1. The molecule has 0 saturated heterocycles. The minimum absolute atomic E-state index is 1.16. The highest BCUT2D eigenvalue weighted by Crippen LogP contribution is 1.95. The molecule has 1 heterocycles. The first-order chi connectivity index (χ1) is 3.93. The molecule has 1 aliphatic heterocycles. The van der Waals surface area contributed by atoms with Crippen LogP contribution in [-0.4, -0.2) is 0 Å². The van der Waals surface area contributed by atoms with Crippen molar-refractivity contribution in [3.8, 4) is 0 Å². The third-order valence-corrected chi connectivity index (χ3v) is 1.04. The summed E-state index contributed by atoms with van der Waals surface area (Å²) in [6, 6.07) is 0. The van der Waals surface area contributed by atoms with Crippen molar-refractivity contribution < 1.29 is 0 Å². The Balaban J connectivity index is 2.66. The highest BCUT2D eigenvalue weighted by Gasteiger charge is 1.85. The van der Waals surface area contributed by atoms with Gasteiger partial charge in [-0.1, -0.05) is 12.2 Å². The van der Waals surface area contributed by atoms with Crippen molar-refractivity contribution in [2.45, 2.75) is 6.92 Å². The molecule has 0 spiro atoms. The maximum Gasteiger partial charge on any atom is 0.0336 e. The van der Waals surface area contributed by atoms with E-state index in [1.165, 1.54) is 0 Å².